The van der Waals surface area contributed by atoms with Crippen LogP contribution in [0.5, 0.6) is 0 Å². The van der Waals surface area contributed by atoms with Crippen LogP contribution in [0.3, 0.4) is 0 Å². The van der Waals surface area contributed by atoms with E-state index in [0.29, 0.717) is 18.5 Å². The lowest BCUT2D eigenvalue weighted by molar-refractivity contribution is 0.262. The van der Waals surface area contributed by atoms with Crippen LogP contribution < -0.4 is 5.73 Å². The lowest BCUT2D eigenvalue weighted by Gasteiger charge is -2.19. The van der Waals surface area contributed by atoms with Crippen LogP contribution in [-0.2, 0) is 12.8 Å². The number of hydrogen-bond donors (Lipinski definition) is 1. The minimum atomic E-state index is 0.635. The van der Waals surface area contributed by atoms with Gasteiger partial charge in [-0.05, 0) is 39.3 Å². The lowest BCUT2D eigenvalue weighted by Crippen LogP contribution is -2.28. The van der Waals surface area contributed by atoms with Crippen LogP contribution in [0.2, 0.25) is 0 Å². The summed E-state index contributed by atoms with van der Waals surface area (Å²) < 4.78 is 5.49. The number of aromatic nitrogens is 1. The van der Waals surface area contributed by atoms with E-state index in [2.05, 4.69) is 23.7 Å². The van der Waals surface area contributed by atoms with Gasteiger partial charge in [0.05, 0.1) is 5.69 Å². The summed E-state index contributed by atoms with van der Waals surface area (Å²) in [5.41, 5.74) is 6.48. The van der Waals surface area contributed by atoms with Gasteiger partial charge in [-0.25, -0.2) is 4.98 Å². The topological polar surface area (TPSA) is 55.3 Å². The predicted molar refractivity (Wildman–Crippen MR) is 67.8 cm³/mol. The van der Waals surface area contributed by atoms with E-state index in [1.54, 1.807) is 6.26 Å². The smallest absolute Gasteiger partial charge is 0.194 e. The Bertz CT molecular complexity index is 348. The molecule has 1 fully saturated rings. The number of likely N-dealkylation sites (tertiary alicyclic amines) is 1. The van der Waals surface area contributed by atoms with Crippen molar-refractivity contribution in [3.8, 4) is 0 Å². The normalized spacial score (nSPS) is 21.5. The molecular weight excluding hydrogens is 214 g/mol. The van der Waals surface area contributed by atoms with Crippen LogP contribution in [0.4, 0.5) is 0 Å². The molecule has 0 aromatic carbocycles. The van der Waals surface area contributed by atoms with Gasteiger partial charge in [-0.15, -0.1) is 0 Å². The van der Waals surface area contributed by atoms with E-state index >= 15 is 0 Å². The molecule has 1 aliphatic rings. The first-order chi connectivity index (χ1) is 8.19. The molecule has 2 N–H and O–H groups in total. The summed E-state index contributed by atoms with van der Waals surface area (Å²) in [5.74, 6) is 1.57. The number of rotatable bonds is 5. The van der Waals surface area contributed by atoms with Crippen molar-refractivity contribution < 1.29 is 4.42 Å². The third-order valence-corrected chi connectivity index (χ3v) is 3.51. The Kier molecular flexibility index (Phi) is 4.18. The highest BCUT2D eigenvalue weighted by molar-refractivity contribution is 4.98. The second-order valence-corrected chi connectivity index (χ2v) is 5.22. The number of oxazole rings is 1. The summed E-state index contributed by atoms with van der Waals surface area (Å²) in [5, 5.41) is 0. The van der Waals surface area contributed by atoms with Gasteiger partial charge in [0, 0.05) is 25.4 Å². The van der Waals surface area contributed by atoms with Gasteiger partial charge in [-0.3, -0.25) is 0 Å². The zero-order valence-electron chi connectivity index (χ0n) is 10.9. The molecule has 1 aromatic rings. The molecule has 4 nitrogen and oxygen atoms in total. The molecule has 0 aliphatic carbocycles. The van der Waals surface area contributed by atoms with E-state index in [4.69, 9.17) is 10.2 Å². The molecule has 17 heavy (non-hydrogen) atoms. The Morgan fingerprint density at radius 1 is 1.59 bits per heavy atom. The molecule has 1 unspecified atom stereocenters. The van der Waals surface area contributed by atoms with Crippen molar-refractivity contribution in [2.45, 2.75) is 39.2 Å². The van der Waals surface area contributed by atoms with E-state index in [-0.39, 0.29) is 0 Å². The van der Waals surface area contributed by atoms with Crippen molar-refractivity contribution in [1.82, 2.24) is 9.88 Å². The predicted octanol–water partition coefficient (Wildman–Crippen LogP) is 1.45. The second kappa shape index (κ2) is 5.65. The Labute approximate surface area is 103 Å². The van der Waals surface area contributed by atoms with Gasteiger partial charge in [-0.1, -0.05) is 0 Å². The maximum atomic E-state index is 5.50. The largest absolute Gasteiger partial charge is 0.449 e. The summed E-state index contributed by atoms with van der Waals surface area (Å²) in [6, 6.07) is 0.650. The third-order valence-electron chi connectivity index (χ3n) is 3.51. The number of nitrogens with zero attached hydrogens (tertiary/aromatic N) is 2. The second-order valence-electron chi connectivity index (χ2n) is 5.22. The number of hydrogen-bond acceptors (Lipinski definition) is 4. The molecule has 1 aromatic heterocycles. The van der Waals surface area contributed by atoms with Crippen molar-refractivity contribution >= 4 is 0 Å². The van der Waals surface area contributed by atoms with Crippen molar-refractivity contribution in [3.05, 3.63) is 17.8 Å². The highest BCUT2D eigenvalue weighted by atomic mass is 16.3. The van der Waals surface area contributed by atoms with Crippen molar-refractivity contribution in [1.29, 1.82) is 0 Å². The average Bonchev–Trinajstić information content (AvgIpc) is 2.89. The van der Waals surface area contributed by atoms with Gasteiger partial charge in [-0.2, -0.15) is 0 Å². The summed E-state index contributed by atoms with van der Waals surface area (Å²) in [4.78, 5) is 6.99. The Hall–Kier alpha value is -0.870. The molecule has 0 amide bonds. The van der Waals surface area contributed by atoms with Crippen LogP contribution in [0.15, 0.2) is 10.7 Å². The first-order valence-corrected chi connectivity index (χ1v) is 6.56. The van der Waals surface area contributed by atoms with Gasteiger partial charge < -0.3 is 15.1 Å². The van der Waals surface area contributed by atoms with E-state index in [0.717, 1.165) is 24.4 Å². The Balaban J connectivity index is 1.84. The SMILES string of the molecule is CC(C)N1CCC(Cc2nc(CCN)co2)C1. The number of nitrogens with two attached hydrogens (primary N) is 1. The van der Waals surface area contributed by atoms with Crippen molar-refractivity contribution in [2.24, 2.45) is 11.7 Å². The monoisotopic (exact) mass is 237 g/mol. The summed E-state index contributed by atoms with van der Waals surface area (Å²) in [6.45, 7) is 7.53. The van der Waals surface area contributed by atoms with Crippen LogP contribution >= 0.6 is 0 Å². The van der Waals surface area contributed by atoms with Crippen molar-refractivity contribution in [2.75, 3.05) is 19.6 Å². The molecule has 0 radical (unpaired) electrons. The van der Waals surface area contributed by atoms with Crippen molar-refractivity contribution in [3.63, 3.8) is 0 Å². The van der Waals surface area contributed by atoms with E-state index in [9.17, 15) is 0 Å². The fourth-order valence-electron chi connectivity index (χ4n) is 2.45. The maximum Gasteiger partial charge on any atom is 0.194 e. The van der Waals surface area contributed by atoms with E-state index < -0.39 is 0 Å². The van der Waals surface area contributed by atoms with Gasteiger partial charge >= 0.3 is 0 Å². The first kappa shape index (κ1) is 12.6. The Morgan fingerprint density at radius 2 is 2.41 bits per heavy atom. The minimum Gasteiger partial charge on any atom is -0.449 e. The quantitative estimate of drug-likeness (QED) is 0.842. The third kappa shape index (κ3) is 3.30. The van der Waals surface area contributed by atoms with Gasteiger partial charge in [0.1, 0.15) is 6.26 Å². The maximum absolute atomic E-state index is 5.50. The molecule has 1 saturated heterocycles. The summed E-state index contributed by atoms with van der Waals surface area (Å²) in [7, 11) is 0. The molecular formula is C13H23N3O. The summed E-state index contributed by atoms with van der Waals surface area (Å²) in [6.07, 6.45) is 4.78. The average molecular weight is 237 g/mol. The molecule has 0 spiro atoms. The van der Waals surface area contributed by atoms with Crippen LogP contribution in [0.1, 0.15) is 31.9 Å². The van der Waals surface area contributed by atoms with E-state index in [1.807, 2.05) is 0 Å². The molecule has 2 rings (SSSR count). The zero-order valence-corrected chi connectivity index (χ0v) is 10.9. The fraction of sp³-hybridized carbons (Fsp3) is 0.769. The lowest BCUT2D eigenvalue weighted by atomic mass is 10.1. The van der Waals surface area contributed by atoms with Gasteiger partial charge in [0.2, 0.25) is 0 Å². The van der Waals surface area contributed by atoms with E-state index in [1.165, 1.54) is 19.5 Å². The molecule has 2 heterocycles. The van der Waals surface area contributed by atoms with Gasteiger partial charge in [0.15, 0.2) is 5.89 Å². The minimum absolute atomic E-state index is 0.635. The van der Waals surface area contributed by atoms with Gasteiger partial charge in [0.25, 0.3) is 0 Å². The Morgan fingerprint density at radius 3 is 3.06 bits per heavy atom. The molecule has 96 valence electrons. The highest BCUT2D eigenvalue weighted by Crippen LogP contribution is 2.22. The van der Waals surface area contributed by atoms with Crippen LogP contribution in [-0.4, -0.2) is 35.6 Å². The van der Waals surface area contributed by atoms with Crippen LogP contribution in [0.25, 0.3) is 0 Å². The molecule has 1 atom stereocenters. The fourth-order valence-corrected chi connectivity index (χ4v) is 2.45. The zero-order chi connectivity index (χ0) is 12.3. The molecule has 4 heteroatoms. The molecule has 0 bridgehead atoms. The van der Waals surface area contributed by atoms with Crippen LogP contribution in [0, 0.1) is 5.92 Å². The first-order valence-electron chi connectivity index (χ1n) is 6.56. The molecule has 1 aliphatic heterocycles. The highest BCUT2D eigenvalue weighted by Gasteiger charge is 2.25. The standard InChI is InChI=1S/C13H23N3O/c1-10(2)16-6-4-11(8-16)7-13-15-12(3-5-14)9-17-13/h9-11H,3-8,14H2,1-2H3. The summed E-state index contributed by atoms with van der Waals surface area (Å²) >= 11 is 0. The molecule has 0 saturated carbocycles.